The molecule has 2 rings (SSSR count). The number of hydrogen-bond donors (Lipinski definition) is 1. The first-order valence-corrected chi connectivity index (χ1v) is 7.35. The van der Waals surface area contributed by atoms with E-state index < -0.39 is 0 Å². The number of thiazole rings is 1. The summed E-state index contributed by atoms with van der Waals surface area (Å²) in [6.45, 7) is 5.97. The van der Waals surface area contributed by atoms with Crippen LogP contribution in [0.1, 0.15) is 43.2 Å². The number of methoxy groups -OCH3 is 1. The molecule has 0 aliphatic heterocycles. The third-order valence-electron chi connectivity index (χ3n) is 3.23. The van der Waals surface area contributed by atoms with E-state index in [1.165, 1.54) is 12.8 Å². The molecule has 1 fully saturated rings. The average molecular weight is 270 g/mol. The van der Waals surface area contributed by atoms with Gasteiger partial charge in [0.2, 0.25) is 0 Å². The second kappa shape index (κ2) is 5.99. The molecule has 0 amide bonds. The van der Waals surface area contributed by atoms with Crippen LogP contribution in [-0.2, 0) is 11.3 Å². The fourth-order valence-corrected chi connectivity index (χ4v) is 3.19. The third kappa shape index (κ3) is 3.02. The minimum Gasteiger partial charge on any atom is -0.391 e. The Balaban J connectivity index is 2.18. The highest BCUT2D eigenvalue weighted by Gasteiger charge is 2.30. The Hall–Kier alpha value is -0.650. The van der Waals surface area contributed by atoms with E-state index in [-0.39, 0.29) is 6.61 Å². The lowest BCUT2D eigenvalue weighted by Gasteiger charge is -2.25. The van der Waals surface area contributed by atoms with Gasteiger partial charge in [-0.15, -0.1) is 0 Å². The first kappa shape index (κ1) is 13.8. The van der Waals surface area contributed by atoms with Gasteiger partial charge in [-0.3, -0.25) is 0 Å². The average Bonchev–Trinajstić information content (AvgIpc) is 3.10. The minimum absolute atomic E-state index is 0.111. The van der Waals surface area contributed by atoms with Gasteiger partial charge in [0.25, 0.3) is 0 Å². The molecule has 1 aromatic heterocycles. The Bertz CT molecular complexity index is 388. The van der Waals surface area contributed by atoms with E-state index in [1.807, 2.05) is 0 Å². The molecule has 1 N–H and O–H groups in total. The summed E-state index contributed by atoms with van der Waals surface area (Å²) in [6.07, 6.45) is 2.44. The van der Waals surface area contributed by atoms with E-state index in [0.717, 1.165) is 22.2 Å². The zero-order valence-electron chi connectivity index (χ0n) is 11.3. The number of anilines is 1. The molecule has 0 bridgehead atoms. The summed E-state index contributed by atoms with van der Waals surface area (Å²) in [5.74, 6) is 0.591. The monoisotopic (exact) mass is 270 g/mol. The standard InChI is InChI=1S/C13H22N2O2S/c1-9(2)15(6-7-17-3)13-14-12(10-4-5-10)11(8-16)18-13/h9-10,16H,4-8H2,1-3H3. The predicted molar refractivity (Wildman–Crippen MR) is 74.4 cm³/mol. The van der Waals surface area contributed by atoms with Gasteiger partial charge in [-0.2, -0.15) is 0 Å². The lowest BCUT2D eigenvalue weighted by molar-refractivity contribution is 0.204. The summed E-state index contributed by atoms with van der Waals surface area (Å²) in [6, 6.07) is 0.393. The van der Waals surface area contributed by atoms with Gasteiger partial charge in [-0.1, -0.05) is 11.3 Å². The predicted octanol–water partition coefficient (Wildman–Crippen LogP) is 2.37. The van der Waals surface area contributed by atoms with E-state index in [0.29, 0.717) is 18.6 Å². The minimum atomic E-state index is 0.111. The van der Waals surface area contributed by atoms with Gasteiger partial charge >= 0.3 is 0 Å². The topological polar surface area (TPSA) is 45.6 Å². The van der Waals surface area contributed by atoms with Gasteiger partial charge < -0.3 is 14.7 Å². The van der Waals surface area contributed by atoms with Crippen LogP contribution in [0.3, 0.4) is 0 Å². The van der Waals surface area contributed by atoms with Gasteiger partial charge in [-0.25, -0.2) is 4.98 Å². The SMILES string of the molecule is COCCN(c1nc(C2CC2)c(CO)s1)C(C)C. The number of ether oxygens (including phenoxy) is 1. The van der Waals surface area contributed by atoms with Crippen LogP contribution >= 0.6 is 11.3 Å². The third-order valence-corrected chi connectivity index (χ3v) is 4.32. The lowest BCUT2D eigenvalue weighted by Crippen LogP contribution is -2.33. The summed E-state index contributed by atoms with van der Waals surface area (Å²) in [5, 5.41) is 10.5. The number of aliphatic hydroxyl groups excluding tert-OH is 1. The molecular formula is C13H22N2O2S. The maximum atomic E-state index is 9.43. The van der Waals surface area contributed by atoms with Crippen molar-refractivity contribution in [1.82, 2.24) is 4.98 Å². The second-order valence-corrected chi connectivity index (χ2v) is 6.08. The molecule has 0 radical (unpaired) electrons. The van der Waals surface area contributed by atoms with Crippen molar-refractivity contribution in [3.05, 3.63) is 10.6 Å². The molecule has 1 aliphatic carbocycles. The lowest BCUT2D eigenvalue weighted by atomic mass is 10.2. The van der Waals surface area contributed by atoms with Crippen molar-refractivity contribution in [2.45, 2.75) is 45.3 Å². The fourth-order valence-electron chi connectivity index (χ4n) is 2.03. The number of aliphatic hydroxyl groups is 1. The molecule has 1 aliphatic rings. The molecule has 0 aromatic carbocycles. The highest BCUT2D eigenvalue weighted by atomic mass is 32.1. The molecular weight excluding hydrogens is 248 g/mol. The molecule has 1 aromatic rings. The normalized spacial score (nSPS) is 15.4. The molecule has 102 valence electrons. The molecule has 0 saturated heterocycles. The van der Waals surface area contributed by atoms with Crippen molar-refractivity contribution < 1.29 is 9.84 Å². The first-order valence-electron chi connectivity index (χ1n) is 6.53. The molecule has 0 unspecified atom stereocenters. The van der Waals surface area contributed by atoms with Crippen LogP contribution in [-0.4, -0.2) is 36.4 Å². The molecule has 1 heterocycles. The van der Waals surface area contributed by atoms with Crippen molar-refractivity contribution in [3.63, 3.8) is 0 Å². The Labute approximate surface area is 113 Å². The maximum Gasteiger partial charge on any atom is 0.186 e. The second-order valence-electron chi connectivity index (χ2n) is 5.02. The number of nitrogens with zero attached hydrogens (tertiary/aromatic N) is 2. The molecule has 1 saturated carbocycles. The van der Waals surface area contributed by atoms with E-state index in [4.69, 9.17) is 9.72 Å². The Kier molecular flexibility index (Phi) is 4.59. The molecule has 0 spiro atoms. The largest absolute Gasteiger partial charge is 0.391 e. The first-order chi connectivity index (χ1) is 8.67. The van der Waals surface area contributed by atoms with Crippen LogP contribution < -0.4 is 4.90 Å². The van der Waals surface area contributed by atoms with E-state index in [2.05, 4.69) is 18.7 Å². The van der Waals surface area contributed by atoms with Crippen molar-refractivity contribution in [1.29, 1.82) is 0 Å². The summed E-state index contributed by atoms with van der Waals surface area (Å²) >= 11 is 1.62. The smallest absolute Gasteiger partial charge is 0.186 e. The van der Waals surface area contributed by atoms with Crippen LogP contribution in [0.2, 0.25) is 0 Å². The van der Waals surface area contributed by atoms with E-state index in [1.54, 1.807) is 18.4 Å². The van der Waals surface area contributed by atoms with Crippen molar-refractivity contribution >= 4 is 16.5 Å². The van der Waals surface area contributed by atoms with Crippen molar-refractivity contribution in [2.24, 2.45) is 0 Å². The zero-order chi connectivity index (χ0) is 13.1. The molecule has 4 nitrogen and oxygen atoms in total. The van der Waals surface area contributed by atoms with Crippen LogP contribution in [0.4, 0.5) is 5.13 Å². The summed E-state index contributed by atoms with van der Waals surface area (Å²) in [5.41, 5.74) is 1.13. The highest BCUT2D eigenvalue weighted by molar-refractivity contribution is 7.15. The van der Waals surface area contributed by atoms with Crippen LogP contribution in [0, 0.1) is 0 Å². The van der Waals surface area contributed by atoms with E-state index in [9.17, 15) is 5.11 Å². The Morgan fingerprint density at radius 1 is 1.50 bits per heavy atom. The van der Waals surface area contributed by atoms with Gasteiger partial charge in [0.05, 0.1) is 23.8 Å². The van der Waals surface area contributed by atoms with E-state index >= 15 is 0 Å². The Morgan fingerprint density at radius 2 is 2.22 bits per heavy atom. The van der Waals surface area contributed by atoms with Gasteiger partial charge in [0, 0.05) is 25.6 Å². The Morgan fingerprint density at radius 3 is 2.72 bits per heavy atom. The van der Waals surface area contributed by atoms with Crippen LogP contribution in [0.5, 0.6) is 0 Å². The highest BCUT2D eigenvalue weighted by Crippen LogP contribution is 2.44. The molecule has 0 atom stereocenters. The summed E-state index contributed by atoms with van der Waals surface area (Å²) in [7, 11) is 1.72. The van der Waals surface area contributed by atoms with Crippen LogP contribution in [0.15, 0.2) is 0 Å². The molecule has 5 heteroatoms. The summed E-state index contributed by atoms with van der Waals surface area (Å²) < 4.78 is 5.15. The van der Waals surface area contributed by atoms with Gasteiger partial charge in [0.1, 0.15) is 0 Å². The van der Waals surface area contributed by atoms with Gasteiger partial charge in [-0.05, 0) is 26.7 Å². The van der Waals surface area contributed by atoms with Crippen LogP contribution in [0.25, 0.3) is 0 Å². The maximum absolute atomic E-state index is 9.43. The van der Waals surface area contributed by atoms with Crippen molar-refractivity contribution in [3.8, 4) is 0 Å². The van der Waals surface area contributed by atoms with Crippen molar-refractivity contribution in [2.75, 3.05) is 25.2 Å². The zero-order valence-corrected chi connectivity index (χ0v) is 12.2. The summed E-state index contributed by atoms with van der Waals surface area (Å²) in [4.78, 5) is 8.03. The number of aromatic nitrogens is 1. The fraction of sp³-hybridized carbons (Fsp3) is 0.769. The van der Waals surface area contributed by atoms with Gasteiger partial charge in [0.15, 0.2) is 5.13 Å². The molecule has 18 heavy (non-hydrogen) atoms. The number of hydrogen-bond acceptors (Lipinski definition) is 5. The quantitative estimate of drug-likeness (QED) is 0.826. The number of rotatable bonds is 7.